The summed E-state index contributed by atoms with van der Waals surface area (Å²) < 4.78 is 32.1. The van der Waals surface area contributed by atoms with E-state index in [1.807, 2.05) is 18.2 Å². The van der Waals surface area contributed by atoms with Gasteiger partial charge in [-0.1, -0.05) is 0 Å². The minimum Gasteiger partial charge on any atom is -0.468 e. The van der Waals surface area contributed by atoms with E-state index in [-0.39, 0.29) is 5.69 Å². The van der Waals surface area contributed by atoms with Gasteiger partial charge < -0.3 is 20.0 Å². The van der Waals surface area contributed by atoms with Crippen LogP contribution in [0.25, 0.3) is 0 Å². The van der Waals surface area contributed by atoms with E-state index in [1.54, 1.807) is 18.5 Å². The third-order valence-corrected chi connectivity index (χ3v) is 5.06. The van der Waals surface area contributed by atoms with E-state index in [0.29, 0.717) is 11.8 Å². The molecule has 0 saturated carbocycles. The van der Waals surface area contributed by atoms with Gasteiger partial charge in [-0.3, -0.25) is 4.90 Å². The molecule has 3 aromatic rings. The first kappa shape index (κ1) is 20.8. The van der Waals surface area contributed by atoms with Crippen molar-refractivity contribution in [3.63, 3.8) is 0 Å². The minimum atomic E-state index is -0.842. The average Bonchev–Trinajstić information content (AvgIpc) is 3.15. The normalized spacial score (nSPS) is 14.8. The predicted octanol–water partition coefficient (Wildman–Crippen LogP) is 4.31. The van der Waals surface area contributed by atoms with E-state index in [0.717, 1.165) is 56.8 Å². The van der Waals surface area contributed by atoms with Gasteiger partial charge in [-0.25, -0.2) is 18.6 Å². The van der Waals surface area contributed by atoms with Gasteiger partial charge in [0.2, 0.25) is 0 Å². The van der Waals surface area contributed by atoms with Crippen LogP contribution in [0.4, 0.5) is 30.8 Å². The van der Waals surface area contributed by atoms with Gasteiger partial charge in [-0.05, 0) is 42.8 Å². The topological polar surface area (TPSA) is 73.6 Å². The van der Waals surface area contributed by atoms with Crippen LogP contribution >= 0.6 is 0 Å². The molecule has 1 aliphatic heterocycles. The molecule has 0 spiro atoms. The smallest absolute Gasteiger partial charge is 0.323 e. The number of hydrogen-bond acceptors (Lipinski definition) is 5. The Labute approximate surface area is 178 Å². The number of halogens is 2. The van der Waals surface area contributed by atoms with Crippen molar-refractivity contribution in [1.29, 1.82) is 0 Å². The zero-order valence-electron chi connectivity index (χ0n) is 16.9. The van der Waals surface area contributed by atoms with Gasteiger partial charge in [0.15, 0.2) is 0 Å². The number of benzene rings is 1. The van der Waals surface area contributed by atoms with Gasteiger partial charge in [-0.2, -0.15) is 0 Å². The first-order chi connectivity index (χ1) is 15.1. The summed E-state index contributed by atoms with van der Waals surface area (Å²) in [6.07, 6.45) is 4.25. The molecule has 2 N–H and O–H groups in total. The summed E-state index contributed by atoms with van der Waals surface area (Å²) in [6.45, 7) is 4.40. The number of nitrogens with zero attached hydrogens (tertiary/aromatic N) is 3. The van der Waals surface area contributed by atoms with Crippen molar-refractivity contribution in [3.05, 3.63) is 72.3 Å². The molecule has 0 atom stereocenters. The van der Waals surface area contributed by atoms with Crippen molar-refractivity contribution in [3.8, 4) is 0 Å². The van der Waals surface area contributed by atoms with E-state index >= 15 is 0 Å². The first-order valence-corrected chi connectivity index (χ1v) is 10.1. The van der Waals surface area contributed by atoms with Crippen molar-refractivity contribution in [1.82, 2.24) is 9.88 Å². The highest BCUT2D eigenvalue weighted by Gasteiger charge is 2.17. The number of carbonyl (C=O) groups excluding carboxylic acids is 1. The molecule has 31 heavy (non-hydrogen) atoms. The lowest BCUT2D eigenvalue weighted by Crippen LogP contribution is -2.30. The van der Waals surface area contributed by atoms with Gasteiger partial charge in [0.1, 0.15) is 23.2 Å². The van der Waals surface area contributed by atoms with Crippen LogP contribution in [0.2, 0.25) is 0 Å². The average molecular weight is 427 g/mol. The number of carbonyl (C=O) groups is 1. The Hall–Kier alpha value is -3.46. The lowest BCUT2D eigenvalue weighted by Gasteiger charge is -2.22. The number of aromatic nitrogens is 1. The van der Waals surface area contributed by atoms with Crippen molar-refractivity contribution in [2.45, 2.75) is 13.0 Å². The molecule has 1 saturated heterocycles. The molecule has 2 aromatic heterocycles. The Kier molecular flexibility index (Phi) is 6.42. The van der Waals surface area contributed by atoms with Crippen molar-refractivity contribution in [2.75, 3.05) is 41.7 Å². The molecule has 1 aliphatic rings. The molecule has 0 bridgehead atoms. The molecule has 9 heteroatoms. The monoisotopic (exact) mass is 427 g/mol. The van der Waals surface area contributed by atoms with Gasteiger partial charge in [0.25, 0.3) is 0 Å². The van der Waals surface area contributed by atoms with E-state index in [4.69, 9.17) is 4.42 Å². The fourth-order valence-electron chi connectivity index (χ4n) is 3.50. The molecule has 4 rings (SSSR count). The Morgan fingerprint density at radius 3 is 2.71 bits per heavy atom. The lowest BCUT2D eigenvalue weighted by atomic mass is 10.3. The molecule has 0 aliphatic carbocycles. The Morgan fingerprint density at radius 1 is 1.06 bits per heavy atom. The van der Waals surface area contributed by atoms with E-state index in [9.17, 15) is 13.6 Å². The molecule has 0 radical (unpaired) electrons. The molecular weight excluding hydrogens is 404 g/mol. The zero-order chi connectivity index (χ0) is 21.6. The Balaban J connectivity index is 1.31. The number of nitrogens with one attached hydrogen (secondary N) is 2. The fourth-order valence-corrected chi connectivity index (χ4v) is 3.50. The Bertz CT molecular complexity index is 1010. The molecule has 1 fully saturated rings. The number of amides is 2. The van der Waals surface area contributed by atoms with Crippen molar-refractivity contribution in [2.24, 2.45) is 0 Å². The number of pyridine rings is 1. The number of rotatable bonds is 5. The predicted molar refractivity (Wildman–Crippen MR) is 114 cm³/mol. The van der Waals surface area contributed by atoms with Crippen LogP contribution in [0.5, 0.6) is 0 Å². The van der Waals surface area contributed by atoms with Crippen LogP contribution in [0.1, 0.15) is 12.2 Å². The fraction of sp³-hybridized carbons (Fsp3) is 0.273. The number of furan rings is 1. The molecule has 2 amide bonds. The summed E-state index contributed by atoms with van der Waals surface area (Å²) >= 11 is 0. The van der Waals surface area contributed by atoms with Gasteiger partial charge in [0, 0.05) is 32.2 Å². The minimum absolute atomic E-state index is 0.104. The van der Waals surface area contributed by atoms with E-state index < -0.39 is 17.7 Å². The molecular formula is C22H23F2N5O2. The quantitative estimate of drug-likeness (QED) is 0.635. The van der Waals surface area contributed by atoms with Crippen LogP contribution in [0.15, 0.2) is 59.3 Å². The summed E-state index contributed by atoms with van der Waals surface area (Å²) in [4.78, 5) is 21.1. The summed E-state index contributed by atoms with van der Waals surface area (Å²) in [7, 11) is 0. The lowest BCUT2D eigenvalue weighted by molar-refractivity contribution is 0.260. The van der Waals surface area contributed by atoms with Crippen LogP contribution in [-0.4, -0.2) is 42.1 Å². The molecule has 162 valence electrons. The van der Waals surface area contributed by atoms with E-state index in [1.165, 1.54) is 6.07 Å². The summed E-state index contributed by atoms with van der Waals surface area (Å²) in [5, 5.41) is 4.95. The Morgan fingerprint density at radius 2 is 1.97 bits per heavy atom. The van der Waals surface area contributed by atoms with Gasteiger partial charge in [0.05, 0.1) is 30.4 Å². The summed E-state index contributed by atoms with van der Waals surface area (Å²) in [5.74, 6) is 0.239. The van der Waals surface area contributed by atoms with Crippen LogP contribution < -0.4 is 15.5 Å². The standard InChI is InChI=1S/C22H23F2N5O2/c23-16-4-6-20(19(24)13-16)27-22(30)26-17-5-7-21(25-14-17)29-9-2-8-28(10-11-29)15-18-3-1-12-31-18/h1,3-7,12-14H,2,8-11,15H2,(H2,26,27,30). The van der Waals surface area contributed by atoms with Crippen molar-refractivity contribution < 1.29 is 18.0 Å². The molecule has 7 nitrogen and oxygen atoms in total. The first-order valence-electron chi connectivity index (χ1n) is 10.1. The highest BCUT2D eigenvalue weighted by Crippen LogP contribution is 2.19. The van der Waals surface area contributed by atoms with Gasteiger partial charge in [-0.15, -0.1) is 0 Å². The maximum absolute atomic E-state index is 13.7. The second-order valence-electron chi connectivity index (χ2n) is 7.30. The molecule has 1 aromatic carbocycles. The van der Waals surface area contributed by atoms with Crippen molar-refractivity contribution >= 4 is 23.2 Å². The third kappa shape index (κ3) is 5.58. The second kappa shape index (κ2) is 9.57. The van der Waals surface area contributed by atoms with Crippen LogP contribution in [0, 0.1) is 11.6 Å². The maximum atomic E-state index is 13.7. The third-order valence-electron chi connectivity index (χ3n) is 5.06. The highest BCUT2D eigenvalue weighted by atomic mass is 19.1. The highest BCUT2D eigenvalue weighted by molar-refractivity contribution is 5.99. The molecule has 0 unspecified atom stereocenters. The zero-order valence-corrected chi connectivity index (χ0v) is 16.9. The van der Waals surface area contributed by atoms with Crippen LogP contribution in [0.3, 0.4) is 0 Å². The van der Waals surface area contributed by atoms with E-state index in [2.05, 4.69) is 25.4 Å². The molecule has 3 heterocycles. The largest absolute Gasteiger partial charge is 0.468 e. The SMILES string of the molecule is O=C(Nc1ccc(N2CCCN(Cc3ccco3)CC2)nc1)Nc1ccc(F)cc1F. The number of hydrogen-bond donors (Lipinski definition) is 2. The maximum Gasteiger partial charge on any atom is 0.323 e. The second-order valence-corrected chi connectivity index (χ2v) is 7.30. The van der Waals surface area contributed by atoms with Crippen LogP contribution in [-0.2, 0) is 6.54 Å². The number of anilines is 3. The summed E-state index contributed by atoms with van der Waals surface area (Å²) in [5.41, 5.74) is 0.366. The summed E-state index contributed by atoms with van der Waals surface area (Å²) in [6, 6.07) is 9.79. The number of urea groups is 1. The van der Waals surface area contributed by atoms with Gasteiger partial charge >= 0.3 is 6.03 Å².